The van der Waals surface area contributed by atoms with E-state index in [2.05, 4.69) is 5.32 Å². The highest BCUT2D eigenvalue weighted by molar-refractivity contribution is 6.21. The molecule has 2 heterocycles. The zero-order valence-corrected chi connectivity index (χ0v) is 15.3. The number of rotatable bonds is 7. The summed E-state index contributed by atoms with van der Waals surface area (Å²) in [5, 5.41) is 2.84. The molecule has 1 saturated heterocycles. The van der Waals surface area contributed by atoms with E-state index in [1.807, 2.05) is 0 Å². The fourth-order valence-electron chi connectivity index (χ4n) is 3.23. The van der Waals surface area contributed by atoms with Crippen LogP contribution < -0.4 is 11.1 Å². The monoisotopic (exact) mass is 381 g/mol. The van der Waals surface area contributed by atoms with Crippen molar-refractivity contribution in [2.24, 2.45) is 5.73 Å². The molecule has 0 saturated carbocycles. The first-order valence-electron chi connectivity index (χ1n) is 8.70. The van der Waals surface area contributed by atoms with Crippen LogP contribution in [-0.4, -0.2) is 54.5 Å². The number of benzene rings is 1. The van der Waals surface area contributed by atoms with E-state index >= 15 is 0 Å². The van der Waals surface area contributed by atoms with Gasteiger partial charge >= 0.3 is 0 Å². The fourth-order valence-corrected chi connectivity index (χ4v) is 3.23. The van der Waals surface area contributed by atoms with Crippen LogP contribution >= 0.6 is 12.4 Å². The van der Waals surface area contributed by atoms with Gasteiger partial charge in [-0.3, -0.25) is 19.3 Å². The molecule has 8 heteroatoms. The van der Waals surface area contributed by atoms with E-state index in [-0.39, 0.29) is 36.2 Å². The summed E-state index contributed by atoms with van der Waals surface area (Å²) in [4.78, 5) is 37.7. The standard InChI is InChI=1S/C18H23N3O4.ClH/c19-11-12-7-8-15(25-12)16(22)20-9-3-4-10-21-17(23)13-5-1-2-6-14(13)18(21)24;/h1-2,5-6,12,15H,3-4,7-11,19H2,(H,20,22);1H/t12-,15+;/m1./s1. The number of nitrogens with two attached hydrogens (primary N) is 1. The molecule has 1 fully saturated rings. The second-order valence-corrected chi connectivity index (χ2v) is 6.37. The molecule has 3 N–H and O–H groups in total. The number of fused-ring (bicyclic) bond motifs is 1. The van der Waals surface area contributed by atoms with Gasteiger partial charge in [0.05, 0.1) is 17.2 Å². The largest absolute Gasteiger partial charge is 0.364 e. The molecule has 0 aromatic heterocycles. The minimum absolute atomic E-state index is 0. The van der Waals surface area contributed by atoms with Crippen molar-refractivity contribution in [1.82, 2.24) is 10.2 Å². The second-order valence-electron chi connectivity index (χ2n) is 6.37. The quantitative estimate of drug-likeness (QED) is 0.544. The van der Waals surface area contributed by atoms with Crippen molar-refractivity contribution in [1.29, 1.82) is 0 Å². The highest BCUT2D eigenvalue weighted by atomic mass is 35.5. The van der Waals surface area contributed by atoms with Crippen LogP contribution in [0.3, 0.4) is 0 Å². The summed E-state index contributed by atoms with van der Waals surface area (Å²) in [6.45, 7) is 1.29. The summed E-state index contributed by atoms with van der Waals surface area (Å²) in [7, 11) is 0. The van der Waals surface area contributed by atoms with Gasteiger partial charge in [0, 0.05) is 19.6 Å². The number of halogens is 1. The first-order chi connectivity index (χ1) is 12.1. The van der Waals surface area contributed by atoms with E-state index in [1.54, 1.807) is 24.3 Å². The van der Waals surface area contributed by atoms with Crippen LogP contribution in [0.5, 0.6) is 0 Å². The van der Waals surface area contributed by atoms with E-state index < -0.39 is 6.10 Å². The number of amides is 3. The normalized spacial score (nSPS) is 21.5. The van der Waals surface area contributed by atoms with Gasteiger partial charge in [-0.25, -0.2) is 0 Å². The predicted octanol–water partition coefficient (Wildman–Crippen LogP) is 1.11. The average Bonchev–Trinajstić information content (AvgIpc) is 3.20. The van der Waals surface area contributed by atoms with E-state index in [0.717, 1.165) is 6.42 Å². The topological polar surface area (TPSA) is 102 Å². The van der Waals surface area contributed by atoms with Crippen LogP contribution in [0.1, 0.15) is 46.4 Å². The molecule has 3 rings (SSSR count). The van der Waals surface area contributed by atoms with Crippen molar-refractivity contribution in [3.05, 3.63) is 35.4 Å². The molecule has 26 heavy (non-hydrogen) atoms. The van der Waals surface area contributed by atoms with Crippen LogP contribution in [-0.2, 0) is 9.53 Å². The van der Waals surface area contributed by atoms with Gasteiger partial charge < -0.3 is 15.8 Å². The Morgan fingerprint density at radius 3 is 2.38 bits per heavy atom. The van der Waals surface area contributed by atoms with Crippen LogP contribution in [0, 0.1) is 0 Å². The Labute approximate surface area is 158 Å². The van der Waals surface area contributed by atoms with Crippen molar-refractivity contribution in [2.45, 2.75) is 37.9 Å². The van der Waals surface area contributed by atoms with Crippen molar-refractivity contribution in [3.8, 4) is 0 Å². The molecule has 0 aliphatic carbocycles. The lowest BCUT2D eigenvalue weighted by Gasteiger charge is -2.15. The third-order valence-corrected chi connectivity index (χ3v) is 4.65. The molecule has 0 unspecified atom stereocenters. The van der Waals surface area contributed by atoms with Crippen molar-refractivity contribution in [3.63, 3.8) is 0 Å². The number of carbonyl (C=O) groups is 3. The molecule has 0 spiro atoms. The number of imide groups is 1. The molecule has 7 nitrogen and oxygen atoms in total. The molecule has 0 bridgehead atoms. The molecule has 2 aliphatic rings. The van der Waals surface area contributed by atoms with Crippen LogP contribution in [0.2, 0.25) is 0 Å². The Kier molecular flexibility index (Phi) is 7.14. The number of unbranched alkanes of at least 4 members (excludes halogenated alkanes) is 1. The van der Waals surface area contributed by atoms with Crippen molar-refractivity contribution < 1.29 is 19.1 Å². The van der Waals surface area contributed by atoms with Gasteiger partial charge in [-0.05, 0) is 37.8 Å². The molecule has 3 amide bonds. The second kappa shape index (κ2) is 9.12. The predicted molar refractivity (Wildman–Crippen MR) is 98.3 cm³/mol. The first kappa shape index (κ1) is 20.4. The molecule has 1 aromatic carbocycles. The lowest BCUT2D eigenvalue weighted by atomic mass is 10.1. The van der Waals surface area contributed by atoms with E-state index in [1.165, 1.54) is 4.90 Å². The summed E-state index contributed by atoms with van der Waals surface area (Å²) in [6.07, 6.45) is 2.40. The van der Waals surface area contributed by atoms with Crippen LogP contribution in [0.15, 0.2) is 24.3 Å². The summed E-state index contributed by atoms with van der Waals surface area (Å²) in [5.74, 6) is -0.592. The summed E-state index contributed by atoms with van der Waals surface area (Å²) < 4.78 is 5.54. The number of ether oxygens (including phenoxy) is 1. The van der Waals surface area contributed by atoms with Crippen molar-refractivity contribution in [2.75, 3.05) is 19.6 Å². The lowest BCUT2D eigenvalue weighted by molar-refractivity contribution is -0.131. The molecule has 0 radical (unpaired) electrons. The highest BCUT2D eigenvalue weighted by Gasteiger charge is 2.34. The lowest BCUT2D eigenvalue weighted by Crippen LogP contribution is -2.36. The Balaban J connectivity index is 0.00000243. The Morgan fingerprint density at radius 1 is 1.15 bits per heavy atom. The van der Waals surface area contributed by atoms with Crippen LogP contribution in [0.4, 0.5) is 0 Å². The maximum atomic E-state index is 12.2. The van der Waals surface area contributed by atoms with Gasteiger partial charge in [0.2, 0.25) is 5.91 Å². The van der Waals surface area contributed by atoms with Crippen molar-refractivity contribution >= 4 is 30.1 Å². The summed E-state index contributed by atoms with van der Waals surface area (Å²) in [5.41, 5.74) is 6.47. The zero-order valence-electron chi connectivity index (χ0n) is 14.5. The minimum atomic E-state index is -0.412. The number of nitrogens with one attached hydrogen (secondary N) is 1. The number of nitrogens with zero attached hydrogens (tertiary/aromatic N) is 1. The number of hydrogen-bond acceptors (Lipinski definition) is 5. The highest BCUT2D eigenvalue weighted by Crippen LogP contribution is 2.22. The Morgan fingerprint density at radius 2 is 1.81 bits per heavy atom. The Bertz CT molecular complexity index is 647. The number of hydrogen-bond donors (Lipinski definition) is 2. The summed E-state index contributed by atoms with van der Waals surface area (Å²) in [6, 6.07) is 6.85. The van der Waals surface area contributed by atoms with Gasteiger partial charge in [0.15, 0.2) is 0 Å². The van der Waals surface area contributed by atoms with Gasteiger partial charge in [-0.15, -0.1) is 12.4 Å². The fraction of sp³-hybridized carbons (Fsp3) is 0.500. The van der Waals surface area contributed by atoms with Gasteiger partial charge in [-0.2, -0.15) is 0 Å². The minimum Gasteiger partial charge on any atom is -0.364 e. The zero-order chi connectivity index (χ0) is 17.8. The molecular weight excluding hydrogens is 358 g/mol. The summed E-state index contributed by atoms with van der Waals surface area (Å²) >= 11 is 0. The maximum Gasteiger partial charge on any atom is 0.261 e. The van der Waals surface area contributed by atoms with Crippen LogP contribution in [0.25, 0.3) is 0 Å². The average molecular weight is 382 g/mol. The Hall–Kier alpha value is -1.96. The van der Waals surface area contributed by atoms with Gasteiger partial charge in [0.1, 0.15) is 6.10 Å². The third-order valence-electron chi connectivity index (χ3n) is 4.65. The van der Waals surface area contributed by atoms with Gasteiger partial charge in [0.25, 0.3) is 11.8 Å². The SMILES string of the molecule is Cl.NC[C@H]1CC[C@@H](C(=O)NCCCCN2C(=O)c3ccccc3C2=O)O1. The maximum absolute atomic E-state index is 12.2. The molecule has 2 aliphatic heterocycles. The molecule has 1 aromatic rings. The van der Waals surface area contributed by atoms with E-state index in [0.29, 0.717) is 50.0 Å². The van der Waals surface area contributed by atoms with E-state index in [4.69, 9.17) is 10.5 Å². The first-order valence-corrected chi connectivity index (χ1v) is 8.70. The van der Waals surface area contributed by atoms with Gasteiger partial charge in [-0.1, -0.05) is 12.1 Å². The van der Waals surface area contributed by atoms with E-state index in [9.17, 15) is 14.4 Å². The smallest absolute Gasteiger partial charge is 0.261 e. The third kappa shape index (κ3) is 4.23. The number of carbonyl (C=O) groups excluding carboxylic acids is 3. The molecule has 142 valence electrons. The molecular formula is C18H24ClN3O4. The molecule has 2 atom stereocenters.